The van der Waals surface area contributed by atoms with Gasteiger partial charge in [0.05, 0.1) is 7.11 Å². The Morgan fingerprint density at radius 2 is 2.00 bits per heavy atom. The summed E-state index contributed by atoms with van der Waals surface area (Å²) in [6.45, 7) is 2.30. The fraction of sp³-hybridized carbons (Fsp3) is 0.200. The van der Waals surface area contributed by atoms with E-state index >= 15 is 0 Å². The first-order valence-corrected chi connectivity index (χ1v) is 5.96. The highest BCUT2D eigenvalue weighted by atomic mass is 19.1. The lowest BCUT2D eigenvalue weighted by molar-refractivity contribution is 0.373. The summed E-state index contributed by atoms with van der Waals surface area (Å²) in [5.74, 6) is 0.343. The van der Waals surface area contributed by atoms with Gasteiger partial charge in [-0.3, -0.25) is 0 Å². The Kier molecular flexibility index (Phi) is 3.90. The molecule has 0 spiro atoms. The topological polar surface area (TPSA) is 41.5 Å². The van der Waals surface area contributed by atoms with Crippen molar-refractivity contribution in [3.63, 3.8) is 0 Å². The van der Waals surface area contributed by atoms with Crippen molar-refractivity contribution in [1.82, 2.24) is 0 Å². The Labute approximate surface area is 111 Å². The van der Waals surface area contributed by atoms with Crippen LogP contribution in [0.1, 0.15) is 11.1 Å². The largest absolute Gasteiger partial charge is 0.504 e. The molecule has 0 aliphatic carbocycles. The number of rotatable bonds is 4. The summed E-state index contributed by atoms with van der Waals surface area (Å²) in [6.07, 6.45) is 0. The first-order valence-electron chi connectivity index (χ1n) is 5.96. The molecule has 0 amide bonds. The van der Waals surface area contributed by atoms with Crippen molar-refractivity contribution < 1.29 is 14.2 Å². The van der Waals surface area contributed by atoms with Crippen molar-refractivity contribution in [2.45, 2.75) is 13.5 Å². The SMILES string of the molecule is COc1cc(CNc2ccc(F)c(C)c2)ccc1O. The van der Waals surface area contributed by atoms with E-state index in [1.165, 1.54) is 13.2 Å². The van der Waals surface area contributed by atoms with Crippen LogP contribution in [0.25, 0.3) is 0 Å². The normalized spacial score (nSPS) is 10.3. The van der Waals surface area contributed by atoms with Gasteiger partial charge in [-0.2, -0.15) is 0 Å². The summed E-state index contributed by atoms with van der Waals surface area (Å²) in [6, 6.07) is 10.0. The van der Waals surface area contributed by atoms with E-state index in [1.54, 1.807) is 37.3 Å². The third-order valence-corrected chi connectivity index (χ3v) is 2.90. The average molecular weight is 261 g/mol. The Morgan fingerprint density at radius 1 is 1.21 bits per heavy atom. The van der Waals surface area contributed by atoms with Gasteiger partial charge in [0, 0.05) is 12.2 Å². The van der Waals surface area contributed by atoms with Crippen LogP contribution in [-0.4, -0.2) is 12.2 Å². The highest BCUT2D eigenvalue weighted by Gasteiger charge is 2.03. The summed E-state index contributed by atoms with van der Waals surface area (Å²) in [5.41, 5.74) is 2.43. The zero-order valence-corrected chi connectivity index (χ0v) is 10.9. The number of methoxy groups -OCH3 is 1. The van der Waals surface area contributed by atoms with Crippen LogP contribution in [0.2, 0.25) is 0 Å². The molecule has 0 atom stereocenters. The van der Waals surface area contributed by atoms with Gasteiger partial charge in [-0.15, -0.1) is 0 Å². The molecule has 4 heteroatoms. The molecular formula is C15H16FNO2. The predicted molar refractivity (Wildman–Crippen MR) is 73.1 cm³/mol. The second-order valence-electron chi connectivity index (χ2n) is 4.32. The Morgan fingerprint density at radius 3 is 2.68 bits per heavy atom. The molecule has 2 aromatic rings. The number of benzene rings is 2. The standard InChI is InChI=1S/C15H16FNO2/c1-10-7-12(4-5-13(10)16)17-9-11-3-6-14(18)15(8-11)19-2/h3-8,17-18H,9H2,1-2H3. The average Bonchev–Trinajstić information content (AvgIpc) is 2.41. The van der Waals surface area contributed by atoms with Gasteiger partial charge in [-0.25, -0.2) is 4.39 Å². The van der Waals surface area contributed by atoms with E-state index in [9.17, 15) is 9.50 Å². The van der Waals surface area contributed by atoms with Crippen LogP contribution in [0.3, 0.4) is 0 Å². The van der Waals surface area contributed by atoms with Gasteiger partial charge in [-0.1, -0.05) is 6.07 Å². The predicted octanol–water partition coefficient (Wildman–Crippen LogP) is 3.46. The van der Waals surface area contributed by atoms with Crippen molar-refractivity contribution in [2.24, 2.45) is 0 Å². The third-order valence-electron chi connectivity index (χ3n) is 2.90. The Hall–Kier alpha value is -2.23. The van der Waals surface area contributed by atoms with Gasteiger partial charge in [0.15, 0.2) is 11.5 Å². The van der Waals surface area contributed by atoms with Crippen LogP contribution in [0, 0.1) is 12.7 Å². The molecule has 0 radical (unpaired) electrons. The minimum atomic E-state index is -0.211. The van der Waals surface area contributed by atoms with Gasteiger partial charge in [0.1, 0.15) is 5.82 Å². The second kappa shape index (κ2) is 5.61. The van der Waals surface area contributed by atoms with Crippen molar-refractivity contribution in [3.8, 4) is 11.5 Å². The maximum absolute atomic E-state index is 13.1. The number of nitrogens with one attached hydrogen (secondary N) is 1. The highest BCUT2D eigenvalue weighted by molar-refractivity contribution is 5.48. The lowest BCUT2D eigenvalue weighted by Crippen LogP contribution is -2.00. The van der Waals surface area contributed by atoms with Crippen molar-refractivity contribution in [2.75, 3.05) is 12.4 Å². The molecule has 100 valence electrons. The summed E-state index contributed by atoms with van der Waals surface area (Å²) in [7, 11) is 1.51. The highest BCUT2D eigenvalue weighted by Crippen LogP contribution is 2.26. The lowest BCUT2D eigenvalue weighted by Gasteiger charge is -2.10. The Bertz CT molecular complexity index is 584. The van der Waals surface area contributed by atoms with Crippen LogP contribution in [-0.2, 0) is 6.54 Å². The van der Waals surface area contributed by atoms with Gasteiger partial charge in [-0.05, 0) is 48.4 Å². The van der Waals surface area contributed by atoms with Gasteiger partial charge in [0.2, 0.25) is 0 Å². The van der Waals surface area contributed by atoms with Crippen LogP contribution < -0.4 is 10.1 Å². The molecule has 2 rings (SSSR count). The van der Waals surface area contributed by atoms with E-state index in [0.717, 1.165) is 11.3 Å². The second-order valence-corrected chi connectivity index (χ2v) is 4.32. The molecule has 0 heterocycles. The summed E-state index contributed by atoms with van der Waals surface area (Å²) < 4.78 is 18.2. The van der Waals surface area contributed by atoms with Crippen molar-refractivity contribution in [1.29, 1.82) is 0 Å². The maximum atomic E-state index is 13.1. The van der Waals surface area contributed by atoms with E-state index in [1.807, 2.05) is 0 Å². The number of aryl methyl sites for hydroxylation is 1. The zero-order chi connectivity index (χ0) is 13.8. The minimum absolute atomic E-state index is 0.115. The molecule has 0 aromatic heterocycles. The number of phenols is 1. The van der Waals surface area contributed by atoms with E-state index in [0.29, 0.717) is 17.9 Å². The molecule has 0 saturated heterocycles. The molecular weight excluding hydrogens is 245 g/mol. The number of hydrogen-bond donors (Lipinski definition) is 2. The van der Waals surface area contributed by atoms with Crippen LogP contribution in [0.15, 0.2) is 36.4 Å². The van der Waals surface area contributed by atoms with E-state index < -0.39 is 0 Å². The minimum Gasteiger partial charge on any atom is -0.504 e. The summed E-state index contributed by atoms with van der Waals surface area (Å²) in [4.78, 5) is 0. The number of ether oxygens (including phenoxy) is 1. The molecule has 0 bridgehead atoms. The van der Waals surface area contributed by atoms with Crippen molar-refractivity contribution in [3.05, 3.63) is 53.3 Å². The molecule has 19 heavy (non-hydrogen) atoms. The van der Waals surface area contributed by atoms with Crippen LogP contribution in [0.4, 0.5) is 10.1 Å². The first kappa shape index (κ1) is 13.2. The number of halogens is 1. The molecule has 0 fully saturated rings. The molecule has 0 saturated carbocycles. The molecule has 3 nitrogen and oxygen atoms in total. The zero-order valence-electron chi connectivity index (χ0n) is 10.9. The first-order chi connectivity index (χ1) is 9.10. The van der Waals surface area contributed by atoms with E-state index in [4.69, 9.17) is 4.74 Å². The fourth-order valence-corrected chi connectivity index (χ4v) is 1.79. The number of hydrogen-bond acceptors (Lipinski definition) is 3. The van der Waals surface area contributed by atoms with E-state index in [2.05, 4.69) is 5.32 Å². The summed E-state index contributed by atoms with van der Waals surface area (Å²) >= 11 is 0. The number of phenolic OH excluding ortho intramolecular Hbond substituents is 1. The monoisotopic (exact) mass is 261 g/mol. The maximum Gasteiger partial charge on any atom is 0.160 e. The molecule has 2 N–H and O–H groups in total. The third kappa shape index (κ3) is 3.16. The smallest absolute Gasteiger partial charge is 0.160 e. The molecule has 0 unspecified atom stereocenters. The van der Waals surface area contributed by atoms with Crippen LogP contribution >= 0.6 is 0 Å². The van der Waals surface area contributed by atoms with Crippen LogP contribution in [0.5, 0.6) is 11.5 Å². The molecule has 0 aliphatic heterocycles. The molecule has 0 aliphatic rings. The van der Waals surface area contributed by atoms with Gasteiger partial charge < -0.3 is 15.2 Å². The fourth-order valence-electron chi connectivity index (χ4n) is 1.79. The van der Waals surface area contributed by atoms with Gasteiger partial charge >= 0.3 is 0 Å². The molecule has 2 aromatic carbocycles. The number of aromatic hydroxyl groups is 1. The lowest BCUT2D eigenvalue weighted by atomic mass is 10.1. The number of anilines is 1. The van der Waals surface area contributed by atoms with E-state index in [-0.39, 0.29) is 11.6 Å². The van der Waals surface area contributed by atoms with Gasteiger partial charge in [0.25, 0.3) is 0 Å². The summed E-state index contributed by atoms with van der Waals surface area (Å²) in [5, 5.41) is 12.7. The Balaban J connectivity index is 2.07. The van der Waals surface area contributed by atoms with Crippen molar-refractivity contribution >= 4 is 5.69 Å². The quantitative estimate of drug-likeness (QED) is 0.885.